The number of ether oxygens (including phenoxy) is 2. The van der Waals surface area contributed by atoms with Crippen molar-refractivity contribution < 1.29 is 14.6 Å². The van der Waals surface area contributed by atoms with Crippen molar-refractivity contribution in [1.82, 2.24) is 4.98 Å². The van der Waals surface area contributed by atoms with Gasteiger partial charge in [0.15, 0.2) is 11.4 Å². The Labute approximate surface area is 81.5 Å². The number of methoxy groups -OCH3 is 1. The lowest BCUT2D eigenvalue weighted by Crippen LogP contribution is -2.05. The van der Waals surface area contributed by atoms with Crippen LogP contribution >= 0.6 is 0 Å². The Hall–Kier alpha value is -1.80. The lowest BCUT2D eigenvalue weighted by molar-refractivity contribution is 0.143. The van der Waals surface area contributed by atoms with Crippen LogP contribution in [0, 0.1) is 11.3 Å². The van der Waals surface area contributed by atoms with E-state index in [-0.39, 0.29) is 11.4 Å². The van der Waals surface area contributed by atoms with Crippen LogP contribution in [-0.4, -0.2) is 30.4 Å². The van der Waals surface area contributed by atoms with Crippen LogP contribution in [0.3, 0.4) is 0 Å². The molecule has 1 N–H and O–H groups in total. The number of aromatic hydroxyl groups is 1. The minimum absolute atomic E-state index is 0.0417. The van der Waals surface area contributed by atoms with Gasteiger partial charge in [-0.05, 0) is 6.07 Å². The maximum absolute atomic E-state index is 9.14. The number of rotatable bonds is 4. The van der Waals surface area contributed by atoms with Crippen LogP contribution in [0.25, 0.3) is 0 Å². The fourth-order valence-electron chi connectivity index (χ4n) is 0.826. The Morgan fingerprint density at radius 3 is 2.93 bits per heavy atom. The second kappa shape index (κ2) is 5.04. The summed E-state index contributed by atoms with van der Waals surface area (Å²) in [6, 6.07) is 4.61. The second-order valence-corrected chi connectivity index (χ2v) is 2.47. The summed E-state index contributed by atoms with van der Waals surface area (Å²) in [6.45, 7) is 0.809. The van der Waals surface area contributed by atoms with Crippen molar-refractivity contribution in [3.05, 3.63) is 17.8 Å². The molecule has 14 heavy (non-hydrogen) atoms. The summed E-state index contributed by atoms with van der Waals surface area (Å²) < 4.78 is 9.92. The molecule has 0 atom stereocenters. The summed E-state index contributed by atoms with van der Waals surface area (Å²) in [5.74, 6) is 0.156. The number of hydrogen-bond acceptors (Lipinski definition) is 5. The molecule has 0 amide bonds. The lowest BCUT2D eigenvalue weighted by Gasteiger charge is -2.04. The fourth-order valence-corrected chi connectivity index (χ4v) is 0.826. The van der Waals surface area contributed by atoms with Crippen LogP contribution in [0.4, 0.5) is 0 Å². The predicted molar refractivity (Wildman–Crippen MR) is 48.0 cm³/mol. The van der Waals surface area contributed by atoms with Crippen LogP contribution < -0.4 is 4.74 Å². The normalized spacial score (nSPS) is 9.43. The smallest absolute Gasteiger partial charge is 0.214 e. The monoisotopic (exact) mass is 194 g/mol. The van der Waals surface area contributed by atoms with Gasteiger partial charge in [0, 0.05) is 13.2 Å². The molecular formula is C9H10N2O3. The number of hydrogen-bond donors (Lipinski definition) is 1. The molecule has 0 bridgehead atoms. The van der Waals surface area contributed by atoms with Gasteiger partial charge in [0.05, 0.1) is 6.61 Å². The van der Waals surface area contributed by atoms with E-state index in [0.29, 0.717) is 19.1 Å². The molecule has 5 heteroatoms. The van der Waals surface area contributed by atoms with Gasteiger partial charge in [-0.25, -0.2) is 0 Å². The van der Waals surface area contributed by atoms with Gasteiger partial charge >= 0.3 is 0 Å². The van der Waals surface area contributed by atoms with Crippen LogP contribution in [0.1, 0.15) is 5.69 Å². The first-order valence-corrected chi connectivity index (χ1v) is 3.99. The second-order valence-electron chi connectivity index (χ2n) is 2.47. The number of nitrogens with zero attached hydrogens (tertiary/aromatic N) is 2. The molecule has 0 aliphatic rings. The van der Waals surface area contributed by atoms with Crippen LogP contribution in [-0.2, 0) is 4.74 Å². The average molecular weight is 194 g/mol. The quantitative estimate of drug-likeness (QED) is 0.713. The standard InChI is InChI=1S/C9H10N2O3/c1-13-4-5-14-9-3-2-8(12)7(6-10)11-9/h2-3,12H,4-5H2,1H3. The third-order valence-corrected chi connectivity index (χ3v) is 1.49. The van der Waals surface area contributed by atoms with Gasteiger partial charge in [-0.15, -0.1) is 0 Å². The van der Waals surface area contributed by atoms with Crippen LogP contribution in [0.2, 0.25) is 0 Å². The molecule has 0 saturated carbocycles. The Balaban J connectivity index is 2.66. The van der Waals surface area contributed by atoms with Crippen molar-refractivity contribution in [2.24, 2.45) is 0 Å². The van der Waals surface area contributed by atoms with E-state index in [4.69, 9.17) is 19.8 Å². The summed E-state index contributed by atoms with van der Waals surface area (Å²) in [4.78, 5) is 3.77. The Bertz CT molecular complexity index is 346. The first-order chi connectivity index (χ1) is 6.77. The summed E-state index contributed by atoms with van der Waals surface area (Å²) in [7, 11) is 1.56. The van der Waals surface area contributed by atoms with Gasteiger partial charge in [-0.3, -0.25) is 0 Å². The molecular weight excluding hydrogens is 184 g/mol. The molecule has 1 rings (SSSR count). The van der Waals surface area contributed by atoms with Crippen LogP contribution in [0.15, 0.2) is 12.1 Å². The van der Waals surface area contributed by atoms with E-state index in [9.17, 15) is 0 Å². The van der Waals surface area contributed by atoms with E-state index in [1.165, 1.54) is 12.1 Å². The predicted octanol–water partition coefficient (Wildman–Crippen LogP) is 0.684. The molecule has 0 fully saturated rings. The zero-order valence-corrected chi connectivity index (χ0v) is 7.73. The fraction of sp³-hybridized carbons (Fsp3) is 0.333. The molecule has 0 aliphatic carbocycles. The molecule has 5 nitrogen and oxygen atoms in total. The summed E-state index contributed by atoms with van der Waals surface area (Å²) in [5.41, 5.74) is -0.0417. The van der Waals surface area contributed by atoms with Gasteiger partial charge in [0.1, 0.15) is 12.7 Å². The minimum Gasteiger partial charge on any atom is -0.505 e. The summed E-state index contributed by atoms with van der Waals surface area (Å²) in [6.07, 6.45) is 0. The highest BCUT2D eigenvalue weighted by Gasteiger charge is 2.03. The molecule has 1 aromatic heterocycles. The molecule has 0 radical (unpaired) electrons. The van der Waals surface area contributed by atoms with Crippen molar-refractivity contribution in [2.45, 2.75) is 0 Å². The zero-order chi connectivity index (χ0) is 10.4. The largest absolute Gasteiger partial charge is 0.505 e. The SMILES string of the molecule is COCCOc1ccc(O)c(C#N)n1. The van der Waals surface area contributed by atoms with E-state index >= 15 is 0 Å². The van der Waals surface area contributed by atoms with Crippen molar-refractivity contribution in [1.29, 1.82) is 5.26 Å². The minimum atomic E-state index is -0.147. The van der Waals surface area contributed by atoms with Gasteiger partial charge in [0.2, 0.25) is 5.88 Å². The Morgan fingerprint density at radius 2 is 2.29 bits per heavy atom. The van der Waals surface area contributed by atoms with E-state index < -0.39 is 0 Å². The summed E-state index contributed by atoms with van der Waals surface area (Å²) in [5, 5.41) is 17.7. The molecule has 0 aliphatic heterocycles. The molecule has 1 aromatic rings. The highest BCUT2D eigenvalue weighted by molar-refractivity contribution is 5.38. The number of nitriles is 1. The Kier molecular flexibility index (Phi) is 3.70. The topological polar surface area (TPSA) is 75.4 Å². The molecule has 0 aromatic carbocycles. The highest BCUT2D eigenvalue weighted by Crippen LogP contribution is 2.17. The first-order valence-electron chi connectivity index (χ1n) is 3.99. The van der Waals surface area contributed by atoms with Gasteiger partial charge in [0.25, 0.3) is 0 Å². The average Bonchev–Trinajstić information content (AvgIpc) is 2.21. The third kappa shape index (κ3) is 2.61. The number of pyridine rings is 1. The maximum atomic E-state index is 9.14. The zero-order valence-electron chi connectivity index (χ0n) is 7.73. The van der Waals surface area contributed by atoms with E-state index in [1.54, 1.807) is 13.2 Å². The molecule has 0 spiro atoms. The van der Waals surface area contributed by atoms with Gasteiger partial charge < -0.3 is 14.6 Å². The van der Waals surface area contributed by atoms with Gasteiger partial charge in [-0.2, -0.15) is 10.2 Å². The third-order valence-electron chi connectivity index (χ3n) is 1.49. The van der Waals surface area contributed by atoms with Crippen LogP contribution in [0.5, 0.6) is 11.6 Å². The maximum Gasteiger partial charge on any atom is 0.214 e. The molecule has 1 heterocycles. The van der Waals surface area contributed by atoms with Crippen molar-refractivity contribution >= 4 is 0 Å². The first kappa shape index (κ1) is 10.3. The number of aromatic nitrogens is 1. The summed E-state index contributed by atoms with van der Waals surface area (Å²) >= 11 is 0. The lowest BCUT2D eigenvalue weighted by atomic mass is 10.3. The van der Waals surface area contributed by atoms with Crippen molar-refractivity contribution in [2.75, 3.05) is 20.3 Å². The molecule has 0 unspecified atom stereocenters. The van der Waals surface area contributed by atoms with E-state index in [0.717, 1.165) is 0 Å². The Morgan fingerprint density at radius 1 is 1.50 bits per heavy atom. The van der Waals surface area contributed by atoms with Gasteiger partial charge in [-0.1, -0.05) is 0 Å². The highest BCUT2D eigenvalue weighted by atomic mass is 16.5. The molecule has 0 saturated heterocycles. The van der Waals surface area contributed by atoms with E-state index in [1.807, 2.05) is 0 Å². The van der Waals surface area contributed by atoms with E-state index in [2.05, 4.69) is 4.98 Å². The molecule has 74 valence electrons. The van der Waals surface area contributed by atoms with Crippen molar-refractivity contribution in [3.63, 3.8) is 0 Å². The van der Waals surface area contributed by atoms with Crippen molar-refractivity contribution in [3.8, 4) is 17.7 Å².